The van der Waals surface area contributed by atoms with Gasteiger partial charge in [0.05, 0.1) is 34.5 Å². The third-order valence-corrected chi connectivity index (χ3v) is 10.8. The number of anilines is 1. The number of likely N-dealkylation sites (tertiary alicyclic amines) is 1. The molecule has 13 heteroatoms. The molecule has 10 nitrogen and oxygen atoms in total. The zero-order chi connectivity index (χ0) is 35.3. The fraction of sp³-hybridized carbons (Fsp3) is 0.378. The molecule has 1 fully saturated rings. The van der Waals surface area contributed by atoms with Gasteiger partial charge in [0, 0.05) is 56.5 Å². The molecule has 3 aromatic carbocycles. The van der Waals surface area contributed by atoms with Crippen molar-refractivity contribution < 1.29 is 28.6 Å². The molecule has 1 amide bonds. The first-order chi connectivity index (χ1) is 24.0. The van der Waals surface area contributed by atoms with E-state index in [-0.39, 0.29) is 22.4 Å². The lowest BCUT2D eigenvalue weighted by Crippen LogP contribution is -2.27. The zero-order valence-electron chi connectivity index (χ0n) is 28.1. The van der Waals surface area contributed by atoms with Crippen LogP contribution in [-0.2, 0) is 37.8 Å². The van der Waals surface area contributed by atoms with Gasteiger partial charge in [0.2, 0.25) is 5.82 Å². The number of ether oxygens (including phenoxy) is 2. The van der Waals surface area contributed by atoms with Crippen LogP contribution in [0.5, 0.6) is 11.5 Å². The topological polar surface area (TPSA) is 109 Å². The summed E-state index contributed by atoms with van der Waals surface area (Å²) >= 11 is 13.6. The second-order valence-electron chi connectivity index (χ2n) is 13.3. The van der Waals surface area contributed by atoms with Gasteiger partial charge in [0.15, 0.2) is 17.3 Å². The van der Waals surface area contributed by atoms with Crippen LogP contribution in [0.3, 0.4) is 0 Å². The Morgan fingerprint density at radius 2 is 1.84 bits per heavy atom. The molecule has 2 unspecified atom stereocenters. The van der Waals surface area contributed by atoms with Gasteiger partial charge in [0.25, 0.3) is 5.91 Å². The first-order valence-corrected chi connectivity index (χ1v) is 17.4. The molecule has 2 N–H and O–H groups in total. The molecule has 4 aromatic rings. The first kappa shape index (κ1) is 34.3. The highest BCUT2D eigenvalue weighted by atomic mass is 35.5. The number of carboxylic acid groups (broad SMARTS) is 1. The number of rotatable bonds is 9. The lowest BCUT2D eigenvalue weighted by atomic mass is 9.96. The minimum Gasteiger partial charge on any atom is -0.493 e. The van der Waals surface area contributed by atoms with Crippen molar-refractivity contribution in [2.75, 3.05) is 39.1 Å². The number of fused-ring (bicyclic) bond motifs is 2. The Hall–Kier alpha value is -4.16. The Morgan fingerprint density at radius 1 is 1.06 bits per heavy atom. The molecule has 262 valence electrons. The lowest BCUT2D eigenvalue weighted by Gasteiger charge is -2.22. The van der Waals surface area contributed by atoms with Crippen molar-refractivity contribution in [2.24, 2.45) is 13.0 Å². The van der Waals surface area contributed by atoms with Crippen molar-refractivity contribution in [1.82, 2.24) is 19.4 Å². The fourth-order valence-electron chi connectivity index (χ4n) is 7.51. The van der Waals surface area contributed by atoms with Crippen LogP contribution in [0.2, 0.25) is 10.0 Å². The molecule has 3 aliphatic rings. The summed E-state index contributed by atoms with van der Waals surface area (Å²) in [6, 6.07) is 13.0. The van der Waals surface area contributed by atoms with E-state index in [4.69, 9.17) is 32.7 Å². The van der Waals surface area contributed by atoms with Crippen molar-refractivity contribution in [3.05, 3.63) is 92.2 Å². The van der Waals surface area contributed by atoms with Gasteiger partial charge in [-0.15, -0.1) is 0 Å². The Bertz CT molecular complexity index is 2000. The number of methoxy groups -OCH3 is 1. The Morgan fingerprint density at radius 3 is 2.60 bits per heavy atom. The van der Waals surface area contributed by atoms with Crippen LogP contribution in [0, 0.1) is 11.7 Å². The maximum absolute atomic E-state index is 16.0. The summed E-state index contributed by atoms with van der Waals surface area (Å²) in [5.74, 6) is -2.04. The van der Waals surface area contributed by atoms with Crippen LogP contribution in [-0.4, -0.2) is 70.1 Å². The molecule has 50 heavy (non-hydrogen) atoms. The second-order valence-corrected chi connectivity index (χ2v) is 14.1. The molecule has 0 bridgehead atoms. The van der Waals surface area contributed by atoms with Crippen molar-refractivity contribution in [3.63, 3.8) is 0 Å². The molecule has 0 saturated carbocycles. The number of nitrogens with zero attached hydrogens (tertiary/aromatic N) is 4. The monoisotopic (exact) mass is 721 g/mol. The number of aromatic nitrogens is 2. The largest absolute Gasteiger partial charge is 0.493 e. The van der Waals surface area contributed by atoms with Crippen LogP contribution in [0.4, 0.5) is 10.1 Å². The summed E-state index contributed by atoms with van der Waals surface area (Å²) in [5.41, 5.74) is 6.55. The smallest absolute Gasteiger partial charge is 0.307 e. The zero-order valence-corrected chi connectivity index (χ0v) is 29.6. The van der Waals surface area contributed by atoms with Gasteiger partial charge in [-0.3, -0.25) is 14.5 Å². The van der Waals surface area contributed by atoms with E-state index in [1.807, 2.05) is 53.9 Å². The summed E-state index contributed by atoms with van der Waals surface area (Å²) in [5, 5.41) is 12.9. The first-order valence-electron chi connectivity index (χ1n) is 16.7. The van der Waals surface area contributed by atoms with Crippen molar-refractivity contribution >= 4 is 40.8 Å². The quantitative estimate of drug-likeness (QED) is 0.195. The molecule has 1 saturated heterocycles. The number of hydrogen-bond acceptors (Lipinski definition) is 7. The van der Waals surface area contributed by atoms with Crippen LogP contribution in [0.15, 0.2) is 42.5 Å². The third kappa shape index (κ3) is 6.32. The third-order valence-electron chi connectivity index (χ3n) is 10.1. The molecular formula is C37H38Cl2FN5O5. The van der Waals surface area contributed by atoms with E-state index in [0.29, 0.717) is 67.5 Å². The molecule has 0 radical (unpaired) electrons. The predicted octanol–water partition coefficient (Wildman–Crippen LogP) is 6.75. The molecule has 0 spiro atoms. The van der Waals surface area contributed by atoms with E-state index in [2.05, 4.69) is 15.2 Å². The fourth-order valence-corrected chi connectivity index (χ4v) is 8.04. The van der Waals surface area contributed by atoms with Gasteiger partial charge in [-0.1, -0.05) is 53.5 Å². The average molecular weight is 723 g/mol. The summed E-state index contributed by atoms with van der Waals surface area (Å²) in [6.45, 7) is 2.88. The van der Waals surface area contributed by atoms with Crippen LogP contribution < -0.4 is 14.8 Å². The van der Waals surface area contributed by atoms with Gasteiger partial charge in [0.1, 0.15) is 6.10 Å². The van der Waals surface area contributed by atoms with E-state index in [9.17, 15) is 14.7 Å². The van der Waals surface area contributed by atoms with E-state index >= 15 is 4.39 Å². The number of carbonyl (C=O) groups excluding carboxylic acids is 1. The molecule has 7 rings (SSSR count). The molecular weight excluding hydrogens is 684 g/mol. The Kier molecular flexibility index (Phi) is 9.51. The summed E-state index contributed by atoms with van der Waals surface area (Å²) < 4.78 is 29.6. The van der Waals surface area contributed by atoms with Gasteiger partial charge in [-0.05, 0) is 61.7 Å². The normalized spacial score (nSPS) is 18.9. The molecule has 1 aromatic heterocycles. The summed E-state index contributed by atoms with van der Waals surface area (Å²) in [4.78, 5) is 33.6. The van der Waals surface area contributed by atoms with Gasteiger partial charge >= 0.3 is 5.97 Å². The maximum Gasteiger partial charge on any atom is 0.307 e. The number of nitrogens with one attached hydrogen (secondary N) is 1. The SMILES string of the molecule is COc1c(CN2CCC(C(=O)O)C2)cc(Cl)c(OC2CCc3c(-c4cccc(NC(=O)c5nc6c(n5C)CCN(C)C6)c4Cl)cccc32)c1F. The van der Waals surface area contributed by atoms with E-state index in [1.54, 1.807) is 12.1 Å². The number of halogens is 3. The van der Waals surface area contributed by atoms with Crippen LogP contribution in [0.1, 0.15) is 57.6 Å². The highest BCUT2D eigenvalue weighted by Gasteiger charge is 2.33. The average Bonchev–Trinajstić information content (AvgIpc) is 3.81. The van der Waals surface area contributed by atoms with Crippen molar-refractivity contribution in [2.45, 2.75) is 44.9 Å². The summed E-state index contributed by atoms with van der Waals surface area (Å²) in [6.07, 6.45) is 2.13. The van der Waals surface area contributed by atoms with E-state index < -0.39 is 23.8 Å². The Labute approximate surface area is 299 Å². The lowest BCUT2D eigenvalue weighted by molar-refractivity contribution is -0.141. The second kappa shape index (κ2) is 13.9. The molecule has 3 heterocycles. The predicted molar refractivity (Wildman–Crippen MR) is 189 cm³/mol. The van der Waals surface area contributed by atoms with Crippen LogP contribution in [0.25, 0.3) is 11.1 Å². The number of likely N-dealkylation sites (N-methyl/N-ethyl adjacent to an activating group) is 1. The number of amides is 1. The molecule has 2 atom stereocenters. The van der Waals surface area contributed by atoms with Crippen molar-refractivity contribution in [1.29, 1.82) is 0 Å². The number of hydrogen-bond donors (Lipinski definition) is 2. The molecule has 2 aliphatic heterocycles. The number of carbonyl (C=O) groups is 2. The molecule has 1 aliphatic carbocycles. The van der Waals surface area contributed by atoms with Gasteiger partial charge in [-0.25, -0.2) is 4.98 Å². The van der Waals surface area contributed by atoms with Crippen LogP contribution >= 0.6 is 23.2 Å². The summed E-state index contributed by atoms with van der Waals surface area (Å²) in [7, 11) is 5.30. The highest BCUT2D eigenvalue weighted by molar-refractivity contribution is 6.36. The minimum absolute atomic E-state index is 0.0267. The Balaban J connectivity index is 1.12. The maximum atomic E-state index is 16.0. The van der Waals surface area contributed by atoms with Gasteiger partial charge < -0.3 is 29.4 Å². The number of benzene rings is 3. The number of carboxylic acids is 1. The minimum atomic E-state index is -0.832. The highest BCUT2D eigenvalue weighted by Crippen LogP contribution is 2.46. The number of imidazole rings is 1. The number of aliphatic carboxylic acids is 1. The van der Waals surface area contributed by atoms with E-state index in [0.717, 1.165) is 46.6 Å². The van der Waals surface area contributed by atoms with Crippen molar-refractivity contribution in [3.8, 4) is 22.6 Å². The van der Waals surface area contributed by atoms with E-state index in [1.165, 1.54) is 7.11 Å². The standard InChI is InChI=1S/C37H38Cl2FN5O5/c1-43-14-13-29-28(19-43)41-35(44(29)2)36(46)42-27-9-5-8-25(31(27)39)22-6-4-7-24-23(22)10-11-30(24)50-34-26(38)16-21(33(49-3)32(34)40)18-45-15-12-20(17-45)37(47)48/h4-9,16,20,30H,10-15,17-19H2,1-3H3,(H,42,46)(H,47,48). The van der Waals surface area contributed by atoms with Gasteiger partial charge in [-0.2, -0.15) is 4.39 Å².